The Morgan fingerprint density at radius 2 is 1.95 bits per heavy atom. The van der Waals surface area contributed by atoms with Gasteiger partial charge in [-0.3, -0.25) is 9.36 Å². The van der Waals surface area contributed by atoms with Gasteiger partial charge in [-0.1, -0.05) is 30.3 Å². The van der Waals surface area contributed by atoms with Gasteiger partial charge in [-0.2, -0.15) is 0 Å². The Morgan fingerprint density at radius 3 is 2.50 bits per heavy atom. The van der Waals surface area contributed by atoms with Crippen LogP contribution in [0.25, 0.3) is 0 Å². The number of ether oxygens (including phenoxy) is 2. The predicted molar refractivity (Wildman–Crippen MR) is 80.3 cm³/mol. The Morgan fingerprint density at radius 1 is 1.27 bits per heavy atom. The zero-order chi connectivity index (χ0) is 16.0. The third-order valence-electron chi connectivity index (χ3n) is 3.41. The van der Waals surface area contributed by atoms with E-state index >= 15 is 0 Å². The third kappa shape index (κ3) is 4.19. The highest BCUT2D eigenvalue weighted by atomic mass is 31.2. The van der Waals surface area contributed by atoms with Crippen molar-refractivity contribution in [3.63, 3.8) is 0 Å². The van der Waals surface area contributed by atoms with Crippen molar-refractivity contribution in [2.24, 2.45) is 5.92 Å². The molecule has 0 N–H and O–H groups in total. The molecule has 0 saturated heterocycles. The van der Waals surface area contributed by atoms with Crippen LogP contribution < -0.4 is 0 Å². The van der Waals surface area contributed by atoms with Gasteiger partial charge in [-0.05, 0) is 12.0 Å². The maximum Gasteiger partial charge on any atom is 0.337 e. The summed E-state index contributed by atoms with van der Waals surface area (Å²) in [5, 5.41) is 0. The van der Waals surface area contributed by atoms with E-state index in [1.165, 1.54) is 20.5 Å². The van der Waals surface area contributed by atoms with Gasteiger partial charge in [0, 0.05) is 14.2 Å². The lowest BCUT2D eigenvalue weighted by atomic mass is 9.94. The molecule has 0 saturated carbocycles. The highest BCUT2D eigenvalue weighted by Crippen LogP contribution is 2.47. The molecule has 7 heteroatoms. The Balaban J connectivity index is 2.17. The summed E-state index contributed by atoms with van der Waals surface area (Å²) in [4.78, 5) is 12.6. The first-order chi connectivity index (χ1) is 10.6. The molecule has 1 aliphatic rings. The van der Waals surface area contributed by atoms with Crippen molar-refractivity contribution in [3.8, 4) is 0 Å². The van der Waals surface area contributed by atoms with Crippen LogP contribution in [-0.2, 0) is 34.3 Å². The maximum absolute atomic E-state index is 12.6. The fourth-order valence-corrected chi connectivity index (χ4v) is 3.17. The number of allylic oxidation sites excluding steroid dienone is 1. The first kappa shape index (κ1) is 16.7. The number of benzene rings is 1. The Labute approximate surface area is 129 Å². The van der Waals surface area contributed by atoms with Crippen LogP contribution in [0.4, 0.5) is 0 Å². The number of Topliss-reactive ketones (excluding diaryl/α,β-unsaturated/α-hetero) is 1. The maximum atomic E-state index is 12.6. The van der Waals surface area contributed by atoms with E-state index in [2.05, 4.69) is 0 Å². The first-order valence-corrected chi connectivity index (χ1v) is 8.52. The molecule has 22 heavy (non-hydrogen) atoms. The molecule has 1 heterocycles. The molecule has 1 aliphatic heterocycles. The lowest BCUT2D eigenvalue weighted by molar-refractivity contribution is -0.120. The molecule has 1 unspecified atom stereocenters. The van der Waals surface area contributed by atoms with Crippen LogP contribution in [0.5, 0.6) is 0 Å². The molecule has 0 aromatic heterocycles. The Kier molecular flexibility index (Phi) is 5.77. The van der Waals surface area contributed by atoms with Gasteiger partial charge in [0.1, 0.15) is 18.2 Å². The number of rotatable bonds is 8. The summed E-state index contributed by atoms with van der Waals surface area (Å²) < 4.78 is 32.2. The van der Waals surface area contributed by atoms with Crippen molar-refractivity contribution >= 4 is 13.4 Å². The first-order valence-electron chi connectivity index (χ1n) is 6.79. The summed E-state index contributed by atoms with van der Waals surface area (Å²) in [7, 11) is -0.885. The van der Waals surface area contributed by atoms with E-state index in [1.54, 1.807) is 0 Å². The van der Waals surface area contributed by atoms with Crippen LogP contribution in [0.2, 0.25) is 0 Å². The molecule has 6 nitrogen and oxygen atoms in total. The Hall–Kier alpha value is -1.62. The summed E-state index contributed by atoms with van der Waals surface area (Å²) in [6.07, 6.45) is 1.55. The molecule has 1 atom stereocenters. The van der Waals surface area contributed by atoms with Crippen LogP contribution in [0.15, 0.2) is 42.4 Å². The molecule has 0 fully saturated rings. The molecule has 0 aliphatic carbocycles. The normalized spacial score (nSPS) is 15.6. The molecular formula is C15H19O6P. The summed E-state index contributed by atoms with van der Waals surface area (Å²) in [6, 6.07) is 9.53. The molecule has 0 radical (unpaired) electrons. The second-order valence-electron chi connectivity index (χ2n) is 4.79. The molecule has 0 spiro atoms. The fourth-order valence-electron chi connectivity index (χ4n) is 2.16. The number of carbonyl (C=O) groups excluding carboxylic acids is 1. The van der Waals surface area contributed by atoms with Crippen molar-refractivity contribution in [2.75, 3.05) is 27.2 Å². The van der Waals surface area contributed by atoms with Gasteiger partial charge in [0.25, 0.3) is 0 Å². The van der Waals surface area contributed by atoms with Crippen LogP contribution >= 0.6 is 7.60 Å². The van der Waals surface area contributed by atoms with E-state index < -0.39 is 13.5 Å². The minimum Gasteiger partial charge on any atom is -0.462 e. The van der Waals surface area contributed by atoms with E-state index in [-0.39, 0.29) is 18.7 Å². The van der Waals surface area contributed by atoms with E-state index in [0.717, 1.165) is 5.56 Å². The Bertz CT molecular complexity index is 575. The molecule has 1 aromatic carbocycles. The van der Waals surface area contributed by atoms with E-state index in [1.807, 2.05) is 30.3 Å². The number of carbonyl (C=O) groups is 1. The highest BCUT2D eigenvalue weighted by Gasteiger charge is 2.34. The van der Waals surface area contributed by atoms with E-state index in [9.17, 15) is 9.36 Å². The van der Waals surface area contributed by atoms with Gasteiger partial charge < -0.3 is 18.5 Å². The summed E-state index contributed by atoms with van der Waals surface area (Å²) in [5.74, 6) is -0.413. The summed E-state index contributed by atoms with van der Waals surface area (Å²) in [6.45, 7) is 0.0835. The van der Waals surface area contributed by atoms with Crippen molar-refractivity contribution in [3.05, 3.63) is 47.9 Å². The molecular weight excluding hydrogens is 307 g/mol. The van der Waals surface area contributed by atoms with Crippen LogP contribution in [0, 0.1) is 5.92 Å². The quantitative estimate of drug-likeness (QED) is 0.684. The monoisotopic (exact) mass is 326 g/mol. The van der Waals surface area contributed by atoms with Gasteiger partial charge in [-0.25, -0.2) is 0 Å². The van der Waals surface area contributed by atoms with Crippen LogP contribution in [-0.4, -0.2) is 33.0 Å². The van der Waals surface area contributed by atoms with Gasteiger partial charge in [0.05, 0.1) is 5.92 Å². The highest BCUT2D eigenvalue weighted by molar-refractivity contribution is 7.54. The van der Waals surface area contributed by atoms with Gasteiger partial charge in [0.2, 0.25) is 6.79 Å². The molecule has 0 amide bonds. The predicted octanol–water partition coefficient (Wildman–Crippen LogP) is 2.75. The average molecular weight is 326 g/mol. The largest absolute Gasteiger partial charge is 0.462 e. The molecule has 0 bridgehead atoms. The van der Waals surface area contributed by atoms with Crippen molar-refractivity contribution in [2.45, 2.75) is 6.42 Å². The van der Waals surface area contributed by atoms with E-state index in [0.29, 0.717) is 12.2 Å². The average Bonchev–Trinajstić information content (AvgIpc) is 3.07. The fraction of sp³-hybridized carbons (Fsp3) is 0.400. The standard InChI is InChI=1S/C15H19O6P/c1-18-22(17,19-2)10-14(16)13(15-9-20-11-21-15)8-12-6-4-3-5-7-12/h3-7,9,13H,8,10-11H2,1-2H3. The minimum atomic E-state index is -3.41. The third-order valence-corrected chi connectivity index (χ3v) is 5.23. The molecule has 2 rings (SSSR count). The lowest BCUT2D eigenvalue weighted by Gasteiger charge is -2.19. The van der Waals surface area contributed by atoms with Gasteiger partial charge >= 0.3 is 7.60 Å². The lowest BCUT2D eigenvalue weighted by Crippen LogP contribution is -2.23. The second-order valence-corrected chi connectivity index (χ2v) is 7.06. The smallest absolute Gasteiger partial charge is 0.337 e. The van der Waals surface area contributed by atoms with Gasteiger partial charge in [0.15, 0.2) is 5.78 Å². The molecule has 1 aromatic rings. The van der Waals surface area contributed by atoms with Crippen molar-refractivity contribution < 1.29 is 27.9 Å². The van der Waals surface area contributed by atoms with Crippen LogP contribution in [0.1, 0.15) is 5.56 Å². The second kappa shape index (κ2) is 7.58. The SMILES string of the molecule is COP(=O)(CC(=O)C(Cc1ccccc1)C1=COCO1)OC. The molecule has 120 valence electrons. The van der Waals surface area contributed by atoms with Crippen LogP contribution in [0.3, 0.4) is 0 Å². The zero-order valence-electron chi connectivity index (χ0n) is 12.6. The number of hydrogen-bond donors (Lipinski definition) is 0. The summed E-state index contributed by atoms with van der Waals surface area (Å²) in [5.41, 5.74) is 0.974. The van der Waals surface area contributed by atoms with Crippen molar-refractivity contribution in [1.82, 2.24) is 0 Å². The summed E-state index contributed by atoms with van der Waals surface area (Å²) >= 11 is 0. The topological polar surface area (TPSA) is 71.1 Å². The zero-order valence-corrected chi connectivity index (χ0v) is 13.5. The van der Waals surface area contributed by atoms with E-state index in [4.69, 9.17) is 18.5 Å². The number of ketones is 1. The minimum absolute atomic E-state index is 0.0835. The van der Waals surface area contributed by atoms with Gasteiger partial charge in [-0.15, -0.1) is 0 Å². The van der Waals surface area contributed by atoms with Crippen molar-refractivity contribution in [1.29, 1.82) is 0 Å². The number of hydrogen-bond acceptors (Lipinski definition) is 6.